The van der Waals surface area contributed by atoms with Gasteiger partial charge in [-0.2, -0.15) is 0 Å². The third-order valence-electron chi connectivity index (χ3n) is 3.36. The van der Waals surface area contributed by atoms with E-state index in [1.165, 1.54) is 0 Å². The first-order valence-electron chi connectivity index (χ1n) is 6.39. The Bertz CT molecular complexity index is 432. The Kier molecular flexibility index (Phi) is 4.38. The summed E-state index contributed by atoms with van der Waals surface area (Å²) in [5.74, 6) is -1.29. The lowest BCUT2D eigenvalue weighted by Crippen LogP contribution is -2.46. The summed E-state index contributed by atoms with van der Waals surface area (Å²) in [6.45, 7) is 1.12. The maximum absolute atomic E-state index is 11.7. The van der Waals surface area contributed by atoms with E-state index >= 15 is 0 Å². The van der Waals surface area contributed by atoms with Crippen molar-refractivity contribution in [3.8, 4) is 0 Å². The molecular formula is C12H18N4O3. The lowest BCUT2D eigenvalue weighted by atomic mass is 10.0. The smallest absolute Gasteiger partial charge is 0.315 e. The Morgan fingerprint density at radius 2 is 2.26 bits per heavy atom. The molecule has 1 aliphatic carbocycles. The normalized spacial score (nSPS) is 22.1. The van der Waals surface area contributed by atoms with Crippen LogP contribution in [-0.4, -0.2) is 39.2 Å². The number of amides is 2. The van der Waals surface area contributed by atoms with Gasteiger partial charge in [0.15, 0.2) is 0 Å². The van der Waals surface area contributed by atoms with Gasteiger partial charge in [-0.1, -0.05) is 6.42 Å². The summed E-state index contributed by atoms with van der Waals surface area (Å²) in [6, 6.07) is -0.566. The molecule has 0 spiro atoms. The van der Waals surface area contributed by atoms with Gasteiger partial charge in [0.25, 0.3) is 0 Å². The summed E-state index contributed by atoms with van der Waals surface area (Å²) in [7, 11) is 0. The lowest BCUT2D eigenvalue weighted by Gasteiger charge is -2.18. The molecule has 2 amide bonds. The molecule has 104 valence electrons. The fraction of sp³-hybridized carbons (Fsp3) is 0.583. The maximum atomic E-state index is 11.7. The van der Waals surface area contributed by atoms with E-state index in [1.807, 2.05) is 10.8 Å². The van der Waals surface area contributed by atoms with E-state index in [9.17, 15) is 9.59 Å². The summed E-state index contributed by atoms with van der Waals surface area (Å²) in [4.78, 5) is 26.5. The molecule has 19 heavy (non-hydrogen) atoms. The van der Waals surface area contributed by atoms with Crippen molar-refractivity contribution in [2.75, 3.05) is 6.54 Å². The largest absolute Gasteiger partial charge is 0.481 e. The number of nitrogens with zero attached hydrogens (tertiary/aromatic N) is 2. The van der Waals surface area contributed by atoms with E-state index < -0.39 is 11.9 Å². The predicted molar refractivity (Wildman–Crippen MR) is 67.5 cm³/mol. The Labute approximate surface area is 111 Å². The van der Waals surface area contributed by atoms with E-state index in [4.69, 9.17) is 5.11 Å². The number of carbonyl (C=O) groups excluding carboxylic acids is 1. The van der Waals surface area contributed by atoms with Crippen molar-refractivity contribution >= 4 is 12.0 Å². The zero-order valence-electron chi connectivity index (χ0n) is 10.6. The average molecular weight is 266 g/mol. The van der Waals surface area contributed by atoms with Crippen molar-refractivity contribution < 1.29 is 14.7 Å². The molecule has 0 bridgehead atoms. The molecule has 7 nitrogen and oxygen atoms in total. The summed E-state index contributed by atoms with van der Waals surface area (Å²) in [6.07, 6.45) is 7.38. The first-order valence-corrected chi connectivity index (χ1v) is 6.39. The number of urea groups is 1. The molecule has 7 heteroatoms. The van der Waals surface area contributed by atoms with Crippen LogP contribution in [0.15, 0.2) is 18.7 Å². The summed E-state index contributed by atoms with van der Waals surface area (Å²) < 4.78 is 1.86. The zero-order chi connectivity index (χ0) is 13.7. The fourth-order valence-electron chi connectivity index (χ4n) is 2.37. The van der Waals surface area contributed by atoms with Crippen LogP contribution in [0.1, 0.15) is 19.3 Å². The average Bonchev–Trinajstić information content (AvgIpc) is 2.99. The Hall–Kier alpha value is -2.05. The highest BCUT2D eigenvalue weighted by molar-refractivity contribution is 5.76. The third kappa shape index (κ3) is 3.70. The van der Waals surface area contributed by atoms with Crippen molar-refractivity contribution in [1.29, 1.82) is 0 Å². The van der Waals surface area contributed by atoms with Gasteiger partial charge in [0.1, 0.15) is 0 Å². The van der Waals surface area contributed by atoms with Gasteiger partial charge in [0.2, 0.25) is 0 Å². The molecule has 1 saturated carbocycles. The van der Waals surface area contributed by atoms with Crippen LogP contribution in [0.25, 0.3) is 0 Å². The number of aromatic nitrogens is 2. The van der Waals surface area contributed by atoms with E-state index in [0.717, 1.165) is 12.8 Å². The SMILES string of the molecule is O=C(NCCn1ccnc1)NC1CCCC1C(=O)O. The second-order valence-corrected chi connectivity index (χ2v) is 4.68. The number of carboxylic acids is 1. The van der Waals surface area contributed by atoms with Crippen molar-refractivity contribution in [2.24, 2.45) is 5.92 Å². The van der Waals surface area contributed by atoms with Crippen LogP contribution in [-0.2, 0) is 11.3 Å². The van der Waals surface area contributed by atoms with Crippen LogP contribution in [0.4, 0.5) is 4.79 Å². The van der Waals surface area contributed by atoms with Crippen molar-refractivity contribution in [3.63, 3.8) is 0 Å². The summed E-state index contributed by atoms with van der Waals surface area (Å²) in [5, 5.41) is 14.5. The first-order chi connectivity index (χ1) is 9.16. The fourth-order valence-corrected chi connectivity index (χ4v) is 2.37. The van der Waals surface area contributed by atoms with Crippen LogP contribution in [0.2, 0.25) is 0 Å². The van der Waals surface area contributed by atoms with Gasteiger partial charge < -0.3 is 20.3 Å². The van der Waals surface area contributed by atoms with Crippen molar-refractivity contribution in [1.82, 2.24) is 20.2 Å². The topological polar surface area (TPSA) is 96.3 Å². The maximum Gasteiger partial charge on any atom is 0.315 e. The Morgan fingerprint density at radius 3 is 2.95 bits per heavy atom. The van der Waals surface area contributed by atoms with E-state index in [0.29, 0.717) is 19.5 Å². The summed E-state index contributed by atoms with van der Waals surface area (Å²) >= 11 is 0. The van der Waals surface area contributed by atoms with Crippen LogP contribution in [0, 0.1) is 5.92 Å². The Morgan fingerprint density at radius 1 is 1.42 bits per heavy atom. The van der Waals surface area contributed by atoms with Crippen LogP contribution in [0.5, 0.6) is 0 Å². The zero-order valence-corrected chi connectivity index (χ0v) is 10.6. The number of carbonyl (C=O) groups is 2. The molecule has 2 unspecified atom stereocenters. The molecule has 3 N–H and O–H groups in total. The lowest BCUT2D eigenvalue weighted by molar-refractivity contribution is -0.142. The number of nitrogens with one attached hydrogen (secondary N) is 2. The minimum Gasteiger partial charge on any atom is -0.481 e. The highest BCUT2D eigenvalue weighted by Gasteiger charge is 2.33. The van der Waals surface area contributed by atoms with Gasteiger partial charge in [0, 0.05) is 31.5 Å². The van der Waals surface area contributed by atoms with Gasteiger partial charge in [-0.05, 0) is 12.8 Å². The molecule has 1 aliphatic rings. The van der Waals surface area contributed by atoms with Gasteiger partial charge in [-0.15, -0.1) is 0 Å². The number of hydrogen-bond acceptors (Lipinski definition) is 3. The van der Waals surface area contributed by atoms with Crippen LogP contribution >= 0.6 is 0 Å². The quantitative estimate of drug-likeness (QED) is 0.720. The number of carboxylic acid groups (broad SMARTS) is 1. The minimum atomic E-state index is -0.832. The van der Waals surface area contributed by atoms with Crippen LogP contribution in [0.3, 0.4) is 0 Å². The molecule has 1 aromatic rings. The number of rotatable bonds is 5. The Balaban J connectivity index is 1.70. The van der Waals surface area contributed by atoms with E-state index in [1.54, 1.807) is 12.5 Å². The number of aliphatic carboxylic acids is 1. The predicted octanol–water partition coefficient (Wildman–Crippen LogP) is 0.436. The second-order valence-electron chi connectivity index (χ2n) is 4.68. The van der Waals surface area contributed by atoms with Crippen LogP contribution < -0.4 is 10.6 Å². The third-order valence-corrected chi connectivity index (χ3v) is 3.36. The molecule has 0 aromatic carbocycles. The highest BCUT2D eigenvalue weighted by Crippen LogP contribution is 2.25. The van der Waals surface area contributed by atoms with Gasteiger partial charge in [0.05, 0.1) is 12.2 Å². The molecule has 0 radical (unpaired) electrons. The standard InChI is InChI=1S/C12H18N4O3/c17-11(18)9-2-1-3-10(9)15-12(19)14-5-7-16-6-4-13-8-16/h4,6,8-10H,1-3,5,7H2,(H,17,18)(H2,14,15,19). The van der Waals surface area contributed by atoms with E-state index in [2.05, 4.69) is 15.6 Å². The van der Waals surface area contributed by atoms with E-state index in [-0.39, 0.29) is 12.1 Å². The number of hydrogen-bond donors (Lipinski definition) is 3. The molecule has 1 fully saturated rings. The van der Waals surface area contributed by atoms with Gasteiger partial charge in [-0.25, -0.2) is 9.78 Å². The second kappa shape index (κ2) is 6.21. The van der Waals surface area contributed by atoms with Gasteiger partial charge >= 0.3 is 12.0 Å². The summed E-state index contributed by atoms with van der Waals surface area (Å²) in [5.41, 5.74) is 0. The first kappa shape index (κ1) is 13.4. The molecular weight excluding hydrogens is 248 g/mol. The number of imidazole rings is 1. The molecule has 1 heterocycles. The molecule has 0 aliphatic heterocycles. The van der Waals surface area contributed by atoms with Crippen molar-refractivity contribution in [3.05, 3.63) is 18.7 Å². The molecule has 1 aromatic heterocycles. The minimum absolute atomic E-state index is 0.259. The molecule has 2 atom stereocenters. The molecule has 0 saturated heterocycles. The monoisotopic (exact) mass is 266 g/mol. The van der Waals surface area contributed by atoms with Gasteiger partial charge in [-0.3, -0.25) is 4.79 Å². The molecule has 2 rings (SSSR count). The van der Waals surface area contributed by atoms with Crippen molar-refractivity contribution in [2.45, 2.75) is 31.8 Å². The highest BCUT2D eigenvalue weighted by atomic mass is 16.4.